The number of aliphatic hydroxyl groups is 1. The molecule has 1 fully saturated rings. The molecule has 7 heteroatoms. The number of amides is 1. The van der Waals surface area contributed by atoms with Gasteiger partial charge in [0.1, 0.15) is 17.0 Å². The summed E-state index contributed by atoms with van der Waals surface area (Å²) in [4.78, 5) is 27.1. The summed E-state index contributed by atoms with van der Waals surface area (Å²) in [5, 5.41) is 9.19. The Kier molecular flexibility index (Phi) is 8.09. The minimum atomic E-state index is -0.671. The largest absolute Gasteiger partial charge is 0.460 e. The van der Waals surface area contributed by atoms with Crippen molar-refractivity contribution in [2.45, 2.75) is 72.0 Å². The maximum Gasteiger partial charge on any atom is 0.410 e. The number of halogens is 1. The molecule has 1 aliphatic rings. The molecule has 1 saturated heterocycles. The first-order chi connectivity index (χ1) is 14.3. The molecule has 1 aromatic rings. The van der Waals surface area contributed by atoms with Crippen LogP contribution in [0.2, 0.25) is 0 Å². The SMILES string of the molecule is CC(C)(C)OC(=O)[C@@H](Cc1cc(CCO)ccc1F)[C@H]1CCN(C(=O)OC(C)(C)C)C1. The number of likely N-dealkylation sites (tertiary alicyclic amines) is 1. The lowest BCUT2D eigenvalue weighted by Gasteiger charge is -2.28. The summed E-state index contributed by atoms with van der Waals surface area (Å²) in [6, 6.07) is 4.70. The predicted molar refractivity (Wildman–Crippen MR) is 116 cm³/mol. The summed E-state index contributed by atoms with van der Waals surface area (Å²) in [5.74, 6) is -1.54. The number of benzene rings is 1. The molecule has 1 amide bonds. The minimum absolute atomic E-state index is 0.0337. The molecule has 1 N–H and O–H groups in total. The highest BCUT2D eigenvalue weighted by Crippen LogP contribution is 2.31. The van der Waals surface area contributed by atoms with Crippen LogP contribution < -0.4 is 0 Å². The Morgan fingerprint density at radius 3 is 2.39 bits per heavy atom. The first-order valence-electron chi connectivity index (χ1n) is 10.9. The summed E-state index contributed by atoms with van der Waals surface area (Å²) in [5.41, 5.74) is -0.0484. The standard InChI is InChI=1S/C24H36FNO5/c1-23(2,3)30-21(28)19(14-18-13-16(10-12-27)7-8-20(18)25)17-9-11-26(15-17)22(29)31-24(4,5)6/h7-8,13,17,19,27H,9-12,14-15H2,1-6H3/t17-,19-/m0/s1. The molecule has 0 aromatic heterocycles. The van der Waals surface area contributed by atoms with Crippen LogP contribution in [0.15, 0.2) is 18.2 Å². The number of hydrogen-bond acceptors (Lipinski definition) is 5. The normalized spacial score (nSPS) is 18.1. The second kappa shape index (κ2) is 9.98. The molecule has 2 atom stereocenters. The Morgan fingerprint density at radius 1 is 1.16 bits per heavy atom. The fraction of sp³-hybridized carbons (Fsp3) is 0.667. The van der Waals surface area contributed by atoms with Gasteiger partial charge >= 0.3 is 12.1 Å². The lowest BCUT2D eigenvalue weighted by molar-refractivity contribution is -0.162. The summed E-state index contributed by atoms with van der Waals surface area (Å²) < 4.78 is 25.7. The van der Waals surface area contributed by atoms with Gasteiger partial charge in [0.25, 0.3) is 0 Å². The van der Waals surface area contributed by atoms with E-state index in [0.29, 0.717) is 31.5 Å². The zero-order valence-corrected chi connectivity index (χ0v) is 19.5. The van der Waals surface area contributed by atoms with Gasteiger partial charge in [-0.3, -0.25) is 4.79 Å². The second-order valence-corrected chi connectivity index (χ2v) is 10.2. The molecule has 174 valence electrons. The van der Waals surface area contributed by atoms with Gasteiger partial charge < -0.3 is 19.5 Å². The third kappa shape index (κ3) is 7.80. The van der Waals surface area contributed by atoms with Crippen molar-refractivity contribution in [3.8, 4) is 0 Å². The van der Waals surface area contributed by atoms with Gasteiger partial charge in [-0.25, -0.2) is 9.18 Å². The molecule has 0 saturated carbocycles. The molecule has 1 aliphatic heterocycles. The van der Waals surface area contributed by atoms with Gasteiger partial charge in [-0.05, 0) is 83.9 Å². The van der Waals surface area contributed by atoms with Crippen molar-refractivity contribution in [2.75, 3.05) is 19.7 Å². The van der Waals surface area contributed by atoms with Gasteiger partial charge in [0, 0.05) is 19.7 Å². The average Bonchev–Trinajstić information content (AvgIpc) is 3.09. The third-order valence-electron chi connectivity index (χ3n) is 5.11. The first kappa shape index (κ1) is 25.1. The van der Waals surface area contributed by atoms with Gasteiger partial charge in [0.2, 0.25) is 0 Å². The van der Waals surface area contributed by atoms with E-state index >= 15 is 0 Å². The topological polar surface area (TPSA) is 76.1 Å². The molecule has 1 heterocycles. The molecule has 0 unspecified atom stereocenters. The molecule has 2 rings (SSSR count). The molecule has 0 spiro atoms. The Hall–Kier alpha value is -2.15. The summed E-state index contributed by atoms with van der Waals surface area (Å²) in [6.07, 6.45) is 0.794. The second-order valence-electron chi connectivity index (χ2n) is 10.2. The number of ether oxygens (including phenoxy) is 2. The van der Waals surface area contributed by atoms with E-state index in [1.165, 1.54) is 6.07 Å². The molecular formula is C24H36FNO5. The number of aliphatic hydroxyl groups excluding tert-OH is 1. The maximum atomic E-state index is 14.6. The first-order valence-corrected chi connectivity index (χ1v) is 10.9. The number of rotatable bonds is 6. The number of hydrogen-bond donors (Lipinski definition) is 1. The molecule has 0 bridgehead atoms. The van der Waals surface area contributed by atoms with E-state index in [1.54, 1.807) is 37.8 Å². The van der Waals surface area contributed by atoms with Crippen molar-refractivity contribution >= 4 is 12.1 Å². The van der Waals surface area contributed by atoms with Gasteiger partial charge in [0.05, 0.1) is 5.92 Å². The Balaban J connectivity index is 2.23. The highest BCUT2D eigenvalue weighted by molar-refractivity contribution is 5.74. The fourth-order valence-electron chi connectivity index (χ4n) is 3.73. The zero-order chi connectivity index (χ0) is 23.4. The van der Waals surface area contributed by atoms with E-state index in [1.807, 2.05) is 20.8 Å². The van der Waals surface area contributed by atoms with Crippen LogP contribution in [0, 0.1) is 17.7 Å². The molecule has 0 radical (unpaired) electrons. The lowest BCUT2D eigenvalue weighted by atomic mass is 9.85. The minimum Gasteiger partial charge on any atom is -0.460 e. The predicted octanol–water partition coefficient (Wildman–Crippen LogP) is 4.12. The highest BCUT2D eigenvalue weighted by Gasteiger charge is 2.39. The average molecular weight is 438 g/mol. The van der Waals surface area contributed by atoms with Crippen molar-refractivity contribution in [2.24, 2.45) is 11.8 Å². The van der Waals surface area contributed by atoms with E-state index in [-0.39, 0.29) is 18.9 Å². The van der Waals surface area contributed by atoms with Gasteiger partial charge in [0.15, 0.2) is 0 Å². The van der Waals surface area contributed by atoms with E-state index in [9.17, 15) is 19.1 Å². The lowest BCUT2D eigenvalue weighted by Crippen LogP contribution is -2.38. The van der Waals surface area contributed by atoms with Crippen LogP contribution in [0.5, 0.6) is 0 Å². The Morgan fingerprint density at radius 2 is 1.81 bits per heavy atom. The monoisotopic (exact) mass is 437 g/mol. The van der Waals surface area contributed by atoms with Crippen molar-refractivity contribution in [1.82, 2.24) is 4.90 Å². The fourth-order valence-corrected chi connectivity index (χ4v) is 3.73. The van der Waals surface area contributed by atoms with E-state index < -0.39 is 35.0 Å². The molecular weight excluding hydrogens is 401 g/mol. The highest BCUT2D eigenvalue weighted by atomic mass is 19.1. The Bertz CT molecular complexity index is 781. The number of carbonyl (C=O) groups excluding carboxylic acids is 2. The molecule has 1 aromatic carbocycles. The molecule has 0 aliphatic carbocycles. The van der Waals surface area contributed by atoms with Crippen LogP contribution in [0.3, 0.4) is 0 Å². The van der Waals surface area contributed by atoms with Crippen LogP contribution in [-0.4, -0.2) is 53.0 Å². The number of nitrogens with zero attached hydrogens (tertiary/aromatic N) is 1. The molecule has 31 heavy (non-hydrogen) atoms. The van der Waals surface area contributed by atoms with E-state index in [4.69, 9.17) is 9.47 Å². The van der Waals surface area contributed by atoms with Crippen molar-refractivity contribution in [3.63, 3.8) is 0 Å². The quantitative estimate of drug-likeness (QED) is 0.678. The third-order valence-corrected chi connectivity index (χ3v) is 5.11. The van der Waals surface area contributed by atoms with Crippen LogP contribution >= 0.6 is 0 Å². The van der Waals surface area contributed by atoms with Gasteiger partial charge in [-0.15, -0.1) is 0 Å². The van der Waals surface area contributed by atoms with Crippen LogP contribution in [-0.2, 0) is 27.1 Å². The van der Waals surface area contributed by atoms with Crippen LogP contribution in [0.4, 0.5) is 9.18 Å². The van der Waals surface area contributed by atoms with Crippen molar-refractivity contribution in [1.29, 1.82) is 0 Å². The van der Waals surface area contributed by atoms with Gasteiger partial charge in [-0.2, -0.15) is 0 Å². The zero-order valence-electron chi connectivity index (χ0n) is 19.5. The summed E-state index contributed by atoms with van der Waals surface area (Å²) >= 11 is 0. The van der Waals surface area contributed by atoms with Gasteiger partial charge in [-0.1, -0.05) is 12.1 Å². The van der Waals surface area contributed by atoms with Crippen molar-refractivity contribution < 1.29 is 28.6 Å². The van der Waals surface area contributed by atoms with Crippen molar-refractivity contribution in [3.05, 3.63) is 35.1 Å². The van der Waals surface area contributed by atoms with E-state index in [0.717, 1.165) is 5.56 Å². The maximum absolute atomic E-state index is 14.6. The molecule has 6 nitrogen and oxygen atoms in total. The van der Waals surface area contributed by atoms with Crippen LogP contribution in [0.25, 0.3) is 0 Å². The van der Waals surface area contributed by atoms with E-state index in [2.05, 4.69) is 0 Å². The Labute approximate surface area is 184 Å². The summed E-state index contributed by atoms with van der Waals surface area (Å²) in [7, 11) is 0. The number of esters is 1. The number of carbonyl (C=O) groups is 2. The smallest absolute Gasteiger partial charge is 0.410 e. The summed E-state index contributed by atoms with van der Waals surface area (Å²) in [6.45, 7) is 11.6. The van der Waals surface area contributed by atoms with Crippen LogP contribution in [0.1, 0.15) is 59.1 Å².